The van der Waals surface area contributed by atoms with E-state index < -0.39 is 50.3 Å². The molecule has 1 aromatic carbocycles. The molecule has 0 bridgehead atoms. The minimum atomic E-state index is -4.94. The summed E-state index contributed by atoms with van der Waals surface area (Å²) in [5.74, 6) is -1.63. The molecule has 26 heavy (non-hydrogen) atoms. The van der Waals surface area contributed by atoms with E-state index in [1.165, 1.54) is 6.92 Å². The van der Waals surface area contributed by atoms with E-state index in [2.05, 4.69) is 0 Å². The molecular formula is C15H14F4N2O3S2. The fourth-order valence-electron chi connectivity index (χ4n) is 2.36. The number of alkyl halides is 3. The quantitative estimate of drug-likeness (QED) is 0.742. The van der Waals surface area contributed by atoms with Crippen molar-refractivity contribution in [2.24, 2.45) is 5.73 Å². The Hall–Kier alpha value is -1.98. The van der Waals surface area contributed by atoms with Gasteiger partial charge >= 0.3 is 6.18 Å². The standard InChI is InChI=1S/C15H14F4N2O3S2/c1-2-21(26(23,24)12-8-7-11(25-12)14(20)22)13(15(17,18)19)9-3-5-10(16)6-4-9/h3-8,13H,2H2,1H3,(H2,20,22). The molecule has 0 radical (unpaired) electrons. The third kappa shape index (κ3) is 4.05. The van der Waals surface area contributed by atoms with E-state index in [9.17, 15) is 30.8 Å². The number of halogens is 4. The van der Waals surface area contributed by atoms with Gasteiger partial charge in [-0.05, 0) is 29.8 Å². The first-order valence-electron chi connectivity index (χ1n) is 7.22. The maximum Gasteiger partial charge on any atom is 0.409 e. The van der Waals surface area contributed by atoms with Gasteiger partial charge in [-0.2, -0.15) is 17.5 Å². The summed E-state index contributed by atoms with van der Waals surface area (Å²) in [4.78, 5) is 11.0. The van der Waals surface area contributed by atoms with Crippen LogP contribution < -0.4 is 5.73 Å². The Labute approximate surface area is 151 Å². The van der Waals surface area contributed by atoms with E-state index in [1.807, 2.05) is 0 Å². The molecule has 1 unspecified atom stereocenters. The van der Waals surface area contributed by atoms with Gasteiger partial charge in [0.15, 0.2) is 0 Å². The number of hydrogen-bond donors (Lipinski definition) is 1. The number of rotatable bonds is 6. The highest BCUT2D eigenvalue weighted by Gasteiger charge is 2.49. The number of nitrogens with zero attached hydrogens (tertiary/aromatic N) is 1. The Morgan fingerprint density at radius 2 is 1.77 bits per heavy atom. The van der Waals surface area contributed by atoms with Crippen LogP contribution in [-0.4, -0.2) is 31.4 Å². The van der Waals surface area contributed by atoms with Gasteiger partial charge in [0, 0.05) is 6.54 Å². The molecule has 1 heterocycles. The van der Waals surface area contributed by atoms with Gasteiger partial charge in [0.05, 0.1) is 4.88 Å². The van der Waals surface area contributed by atoms with Crippen LogP contribution in [0.1, 0.15) is 28.2 Å². The van der Waals surface area contributed by atoms with E-state index in [0.717, 1.165) is 36.4 Å². The molecule has 1 atom stereocenters. The minimum absolute atomic E-state index is 0.0926. The normalized spacial score (nSPS) is 13.8. The number of sulfonamides is 1. The molecule has 1 amide bonds. The van der Waals surface area contributed by atoms with Crippen LogP contribution in [-0.2, 0) is 10.0 Å². The van der Waals surface area contributed by atoms with Crippen LogP contribution in [0.4, 0.5) is 17.6 Å². The first kappa shape index (κ1) is 20.3. The van der Waals surface area contributed by atoms with Crippen molar-refractivity contribution < 1.29 is 30.8 Å². The average Bonchev–Trinajstić information content (AvgIpc) is 3.03. The Kier molecular flexibility index (Phi) is 5.73. The first-order valence-corrected chi connectivity index (χ1v) is 9.47. The second-order valence-electron chi connectivity index (χ2n) is 5.19. The number of benzene rings is 1. The summed E-state index contributed by atoms with van der Waals surface area (Å²) < 4.78 is 79.3. The van der Waals surface area contributed by atoms with E-state index in [-0.39, 0.29) is 9.18 Å². The number of primary amides is 1. The molecule has 2 aromatic rings. The highest BCUT2D eigenvalue weighted by atomic mass is 32.2. The predicted octanol–water partition coefficient (Wildman–Crippen LogP) is 3.30. The Morgan fingerprint density at radius 1 is 1.19 bits per heavy atom. The topological polar surface area (TPSA) is 80.5 Å². The van der Waals surface area contributed by atoms with Crippen LogP contribution >= 0.6 is 11.3 Å². The lowest BCUT2D eigenvalue weighted by Crippen LogP contribution is -2.42. The summed E-state index contributed by atoms with van der Waals surface area (Å²) in [5.41, 5.74) is 4.64. The van der Waals surface area contributed by atoms with Gasteiger partial charge in [0.2, 0.25) is 0 Å². The molecule has 0 aliphatic rings. The number of thiophene rings is 1. The fourth-order valence-corrected chi connectivity index (χ4v) is 5.26. The largest absolute Gasteiger partial charge is 0.409 e. The lowest BCUT2D eigenvalue weighted by Gasteiger charge is -2.31. The number of carbonyl (C=O) groups is 1. The molecule has 11 heteroatoms. The van der Waals surface area contributed by atoms with Crippen molar-refractivity contribution in [2.45, 2.75) is 23.4 Å². The second-order valence-corrected chi connectivity index (χ2v) is 8.39. The molecule has 2 N–H and O–H groups in total. The van der Waals surface area contributed by atoms with Crippen LogP contribution in [0.5, 0.6) is 0 Å². The van der Waals surface area contributed by atoms with Crippen LogP contribution in [0.3, 0.4) is 0 Å². The van der Waals surface area contributed by atoms with Crippen LogP contribution in [0.2, 0.25) is 0 Å². The zero-order valence-electron chi connectivity index (χ0n) is 13.3. The maximum absolute atomic E-state index is 13.7. The van der Waals surface area contributed by atoms with Gasteiger partial charge in [0.25, 0.3) is 15.9 Å². The second kappa shape index (κ2) is 7.33. The van der Waals surface area contributed by atoms with E-state index >= 15 is 0 Å². The molecule has 0 saturated heterocycles. The Morgan fingerprint density at radius 3 is 2.19 bits per heavy atom. The minimum Gasteiger partial charge on any atom is -0.365 e. The van der Waals surface area contributed by atoms with Crippen LogP contribution in [0, 0.1) is 5.82 Å². The van der Waals surface area contributed by atoms with Gasteiger partial charge in [-0.25, -0.2) is 12.8 Å². The third-order valence-electron chi connectivity index (χ3n) is 3.48. The maximum atomic E-state index is 13.7. The molecule has 0 spiro atoms. The predicted molar refractivity (Wildman–Crippen MR) is 87.6 cm³/mol. The Bertz CT molecular complexity index is 892. The van der Waals surface area contributed by atoms with Gasteiger partial charge in [0.1, 0.15) is 16.1 Å². The summed E-state index contributed by atoms with van der Waals surface area (Å²) in [7, 11) is -4.57. The van der Waals surface area contributed by atoms with Crippen molar-refractivity contribution in [3.05, 3.63) is 52.7 Å². The smallest absolute Gasteiger partial charge is 0.365 e. The van der Waals surface area contributed by atoms with Gasteiger partial charge < -0.3 is 5.73 Å². The fraction of sp³-hybridized carbons (Fsp3) is 0.267. The number of amides is 1. The van der Waals surface area contributed by atoms with Crippen molar-refractivity contribution >= 4 is 27.3 Å². The third-order valence-corrected chi connectivity index (χ3v) is 6.99. The molecule has 1 aromatic heterocycles. The SMILES string of the molecule is CCN(C(c1ccc(F)cc1)C(F)(F)F)S(=O)(=O)c1ccc(C(N)=O)s1. The van der Waals surface area contributed by atoms with Crippen LogP contribution in [0.25, 0.3) is 0 Å². The first-order chi connectivity index (χ1) is 12.0. The van der Waals surface area contributed by atoms with Crippen molar-refractivity contribution in [1.29, 1.82) is 0 Å². The molecule has 0 aliphatic carbocycles. The summed E-state index contributed by atoms with van der Waals surface area (Å²) >= 11 is 0.486. The number of hydrogen-bond acceptors (Lipinski definition) is 4. The summed E-state index contributed by atoms with van der Waals surface area (Å²) in [6, 6.07) is 3.08. The molecule has 0 fully saturated rings. The summed E-state index contributed by atoms with van der Waals surface area (Å²) in [6.45, 7) is 0.760. The monoisotopic (exact) mass is 410 g/mol. The molecule has 2 rings (SSSR count). The molecular weight excluding hydrogens is 396 g/mol. The van der Waals surface area contributed by atoms with Crippen molar-refractivity contribution in [3.63, 3.8) is 0 Å². The summed E-state index contributed by atoms with van der Waals surface area (Å²) in [5, 5.41) is 0. The summed E-state index contributed by atoms with van der Waals surface area (Å²) in [6.07, 6.45) is -4.94. The lowest BCUT2D eigenvalue weighted by molar-refractivity contribution is -0.173. The molecule has 0 aliphatic heterocycles. The van der Waals surface area contributed by atoms with Crippen molar-refractivity contribution in [2.75, 3.05) is 6.54 Å². The number of nitrogens with two attached hydrogens (primary N) is 1. The van der Waals surface area contributed by atoms with Gasteiger partial charge in [-0.15, -0.1) is 11.3 Å². The Balaban J connectivity index is 2.56. The van der Waals surface area contributed by atoms with Crippen LogP contribution in [0.15, 0.2) is 40.6 Å². The van der Waals surface area contributed by atoms with Crippen molar-refractivity contribution in [1.82, 2.24) is 4.31 Å². The highest BCUT2D eigenvalue weighted by Crippen LogP contribution is 2.41. The zero-order chi connectivity index (χ0) is 19.7. The van der Waals surface area contributed by atoms with Gasteiger partial charge in [-0.1, -0.05) is 19.1 Å². The van der Waals surface area contributed by atoms with Gasteiger partial charge in [-0.3, -0.25) is 4.79 Å². The lowest BCUT2D eigenvalue weighted by atomic mass is 10.1. The molecule has 5 nitrogen and oxygen atoms in total. The van der Waals surface area contributed by atoms with Crippen molar-refractivity contribution in [3.8, 4) is 0 Å². The average molecular weight is 410 g/mol. The highest BCUT2D eigenvalue weighted by molar-refractivity contribution is 7.91. The molecule has 142 valence electrons. The van der Waals surface area contributed by atoms with E-state index in [0.29, 0.717) is 11.3 Å². The zero-order valence-corrected chi connectivity index (χ0v) is 15.0. The van der Waals surface area contributed by atoms with E-state index in [4.69, 9.17) is 5.73 Å². The number of carbonyl (C=O) groups excluding carboxylic acids is 1. The van der Waals surface area contributed by atoms with E-state index in [1.54, 1.807) is 0 Å². The molecule has 0 saturated carbocycles.